The molecule has 130 valence electrons. The Balaban J connectivity index is 2.09. The molecule has 2 rings (SSSR count). The smallest absolute Gasteiger partial charge is 0.311 e. The molecule has 1 N–H and O–H groups in total. The van der Waals surface area contributed by atoms with Crippen LogP contribution in [0.2, 0.25) is 0 Å². The van der Waals surface area contributed by atoms with E-state index in [2.05, 4.69) is 5.10 Å². The Labute approximate surface area is 125 Å². The van der Waals surface area contributed by atoms with Crippen LogP contribution in [0.4, 0.5) is 36.6 Å². The van der Waals surface area contributed by atoms with Gasteiger partial charge in [-0.3, -0.25) is 9.48 Å². The maximum Gasteiger partial charge on any atom is 0.435 e. The second-order valence-corrected chi connectivity index (χ2v) is 5.42. The van der Waals surface area contributed by atoms with E-state index in [0.29, 0.717) is 0 Å². The van der Waals surface area contributed by atoms with Gasteiger partial charge in [0.2, 0.25) is 5.91 Å². The molecule has 1 fully saturated rings. The number of hydrogen-bond donors (Lipinski definition) is 1. The number of rotatable bonds is 3. The molecule has 11 heteroatoms. The van der Waals surface area contributed by atoms with Crippen LogP contribution in [0.5, 0.6) is 0 Å². The second kappa shape index (κ2) is 5.10. The van der Waals surface area contributed by atoms with Crippen molar-refractivity contribution in [2.45, 2.75) is 37.8 Å². The number of aryl methyl sites for hydroxylation is 1. The van der Waals surface area contributed by atoms with Gasteiger partial charge < -0.3 is 5.32 Å². The van der Waals surface area contributed by atoms with Crippen LogP contribution in [0.25, 0.3) is 0 Å². The lowest BCUT2D eigenvalue weighted by Crippen LogP contribution is -2.59. The molecule has 1 aromatic heterocycles. The molecule has 23 heavy (non-hydrogen) atoms. The molecule has 1 saturated carbocycles. The molecule has 1 atom stereocenters. The van der Waals surface area contributed by atoms with Gasteiger partial charge in [0, 0.05) is 31.4 Å². The molecule has 0 aromatic carbocycles. The van der Waals surface area contributed by atoms with Crippen molar-refractivity contribution in [3.63, 3.8) is 0 Å². The average molecular weight is 347 g/mol. The zero-order valence-corrected chi connectivity index (χ0v) is 11.9. The maximum absolute atomic E-state index is 13.1. The van der Waals surface area contributed by atoms with E-state index in [1.807, 2.05) is 5.32 Å². The van der Waals surface area contributed by atoms with Gasteiger partial charge in [0.1, 0.15) is 5.82 Å². The minimum atomic E-state index is -4.74. The molecule has 0 radical (unpaired) electrons. The van der Waals surface area contributed by atoms with Crippen LogP contribution in [0, 0.1) is 12.8 Å². The van der Waals surface area contributed by atoms with E-state index in [1.165, 1.54) is 0 Å². The molecule has 1 heterocycles. The van der Waals surface area contributed by atoms with E-state index in [9.17, 15) is 35.5 Å². The Morgan fingerprint density at radius 3 is 2.30 bits per heavy atom. The maximum atomic E-state index is 13.1. The number of carbonyl (C=O) groups is 1. The van der Waals surface area contributed by atoms with Crippen LogP contribution in [-0.2, 0) is 18.0 Å². The number of aromatic nitrogens is 2. The summed E-state index contributed by atoms with van der Waals surface area (Å²) in [6.45, 7) is 1.05. The van der Waals surface area contributed by atoms with E-state index < -0.39 is 48.4 Å². The summed E-state index contributed by atoms with van der Waals surface area (Å²) in [7, 11) is 1.13. The molecular formula is C12H12F7N3O. The van der Waals surface area contributed by atoms with Crippen molar-refractivity contribution in [2.75, 3.05) is 5.32 Å². The van der Waals surface area contributed by atoms with Crippen LogP contribution < -0.4 is 5.32 Å². The molecule has 4 nitrogen and oxygen atoms in total. The van der Waals surface area contributed by atoms with Gasteiger partial charge in [-0.25, -0.2) is 0 Å². The summed E-state index contributed by atoms with van der Waals surface area (Å²) in [5.74, 6) is -11.7. The average Bonchev–Trinajstić information content (AvgIpc) is 2.65. The first-order valence-electron chi connectivity index (χ1n) is 6.43. The van der Waals surface area contributed by atoms with Gasteiger partial charge in [-0.2, -0.15) is 35.8 Å². The molecule has 1 aliphatic rings. The van der Waals surface area contributed by atoms with Gasteiger partial charge in [0.05, 0.1) is 0 Å². The first kappa shape index (κ1) is 17.5. The van der Waals surface area contributed by atoms with Crippen LogP contribution in [0.1, 0.15) is 24.1 Å². The fourth-order valence-corrected chi connectivity index (χ4v) is 2.42. The third-order valence-electron chi connectivity index (χ3n) is 3.75. The van der Waals surface area contributed by atoms with Crippen LogP contribution >= 0.6 is 0 Å². The highest BCUT2D eigenvalue weighted by Crippen LogP contribution is 2.56. The zero-order chi connectivity index (χ0) is 17.8. The van der Waals surface area contributed by atoms with Crippen LogP contribution in [0.15, 0.2) is 0 Å². The molecule has 0 bridgehead atoms. The van der Waals surface area contributed by atoms with Crippen molar-refractivity contribution in [3.05, 3.63) is 11.3 Å². The summed E-state index contributed by atoms with van der Waals surface area (Å²) < 4.78 is 90.3. The number of halogens is 7. The summed E-state index contributed by atoms with van der Waals surface area (Å²) in [5.41, 5.74) is -1.62. The quantitative estimate of drug-likeness (QED) is 0.853. The van der Waals surface area contributed by atoms with E-state index >= 15 is 0 Å². The zero-order valence-electron chi connectivity index (χ0n) is 11.9. The van der Waals surface area contributed by atoms with Crippen molar-refractivity contribution in [2.24, 2.45) is 13.0 Å². The Bertz CT molecular complexity index is 635. The predicted octanol–water partition coefficient (Wildman–Crippen LogP) is 3.37. The van der Waals surface area contributed by atoms with Crippen LogP contribution in [0.3, 0.4) is 0 Å². The summed E-state index contributed by atoms with van der Waals surface area (Å²) >= 11 is 0. The number of nitrogens with one attached hydrogen (secondary N) is 1. The first-order chi connectivity index (χ1) is 10.3. The third-order valence-corrected chi connectivity index (χ3v) is 3.75. The Morgan fingerprint density at radius 2 is 1.91 bits per heavy atom. The van der Waals surface area contributed by atoms with Gasteiger partial charge >= 0.3 is 18.0 Å². The minimum absolute atomic E-state index is 0.322. The minimum Gasteiger partial charge on any atom is -0.311 e. The van der Waals surface area contributed by atoms with Crippen LogP contribution in [-0.4, -0.2) is 27.5 Å². The van der Waals surface area contributed by atoms with Crippen molar-refractivity contribution in [1.82, 2.24) is 9.78 Å². The molecule has 1 amide bonds. The van der Waals surface area contributed by atoms with E-state index in [1.54, 1.807) is 0 Å². The van der Waals surface area contributed by atoms with Gasteiger partial charge in [0.15, 0.2) is 5.69 Å². The van der Waals surface area contributed by atoms with E-state index in [0.717, 1.165) is 18.7 Å². The number of amides is 1. The number of hydrogen-bond acceptors (Lipinski definition) is 2. The number of alkyl halides is 7. The fraction of sp³-hybridized carbons (Fsp3) is 0.667. The lowest BCUT2D eigenvalue weighted by molar-refractivity contribution is -0.313. The van der Waals surface area contributed by atoms with Crippen molar-refractivity contribution < 1.29 is 35.5 Å². The van der Waals surface area contributed by atoms with Crippen molar-refractivity contribution in [1.29, 1.82) is 0 Å². The second-order valence-electron chi connectivity index (χ2n) is 5.42. The summed E-state index contributed by atoms with van der Waals surface area (Å²) in [6, 6.07) is 0. The van der Waals surface area contributed by atoms with E-state index in [4.69, 9.17) is 0 Å². The molecule has 0 spiro atoms. The highest BCUT2D eigenvalue weighted by molar-refractivity contribution is 5.91. The third kappa shape index (κ3) is 2.88. The van der Waals surface area contributed by atoms with Gasteiger partial charge in [-0.1, -0.05) is 0 Å². The highest BCUT2D eigenvalue weighted by atomic mass is 19.4. The lowest BCUT2D eigenvalue weighted by atomic mass is 9.74. The highest BCUT2D eigenvalue weighted by Gasteiger charge is 2.71. The fourth-order valence-electron chi connectivity index (χ4n) is 2.42. The Morgan fingerprint density at radius 1 is 1.35 bits per heavy atom. The number of nitrogens with zero attached hydrogens (tertiary/aromatic N) is 2. The van der Waals surface area contributed by atoms with Crippen molar-refractivity contribution >= 4 is 11.7 Å². The summed E-state index contributed by atoms with van der Waals surface area (Å²) in [4.78, 5) is 11.7. The normalized spacial score (nSPS) is 22.6. The van der Waals surface area contributed by atoms with Gasteiger partial charge in [-0.15, -0.1) is 0 Å². The monoisotopic (exact) mass is 347 g/mol. The van der Waals surface area contributed by atoms with Crippen molar-refractivity contribution in [3.8, 4) is 0 Å². The molecule has 0 aliphatic heterocycles. The Kier molecular flexibility index (Phi) is 3.89. The molecular weight excluding hydrogens is 335 g/mol. The summed E-state index contributed by atoms with van der Waals surface area (Å²) in [5, 5.41) is 5.23. The molecule has 1 aromatic rings. The lowest BCUT2D eigenvalue weighted by Gasteiger charge is -2.43. The SMILES string of the molecule is Cc1c(C(F)(F)F)nn(C)c1NC(=O)C[C@H]1CC(F)(F)C1(F)F. The first-order valence-corrected chi connectivity index (χ1v) is 6.43. The number of anilines is 1. The molecule has 0 unspecified atom stereocenters. The predicted molar refractivity (Wildman–Crippen MR) is 64.2 cm³/mol. The van der Waals surface area contributed by atoms with Gasteiger partial charge in [0.25, 0.3) is 0 Å². The summed E-state index contributed by atoms with van der Waals surface area (Å²) in [6.07, 6.45) is -6.81. The standard InChI is InChI=1S/C12H12F7N3O/c1-5-8(12(17,18)19)21-22(2)9(5)20-7(23)3-6-4-10(13,14)11(6,15)16/h6H,3-4H2,1-2H3,(H,20,23)/t6-/m0/s1. The topological polar surface area (TPSA) is 46.9 Å². The van der Waals surface area contributed by atoms with Gasteiger partial charge in [-0.05, 0) is 6.92 Å². The Hall–Kier alpha value is -1.81. The largest absolute Gasteiger partial charge is 0.435 e. The van der Waals surface area contributed by atoms with E-state index in [-0.39, 0.29) is 11.4 Å². The molecule has 1 aliphatic carbocycles. The number of carbonyl (C=O) groups excluding carboxylic acids is 1. The molecule has 0 saturated heterocycles.